The van der Waals surface area contributed by atoms with Gasteiger partial charge in [0.05, 0.1) is 18.2 Å². The van der Waals surface area contributed by atoms with Crippen molar-refractivity contribution in [1.82, 2.24) is 5.32 Å². The third kappa shape index (κ3) is 4.48. The first-order valence-electron chi connectivity index (χ1n) is 6.48. The second kappa shape index (κ2) is 7.86. The number of ether oxygens (including phenoxy) is 1. The van der Waals surface area contributed by atoms with Crippen LogP contribution in [0.5, 0.6) is 0 Å². The maximum absolute atomic E-state index is 9.03. The van der Waals surface area contributed by atoms with Gasteiger partial charge in [0.1, 0.15) is 0 Å². The molecule has 0 bridgehead atoms. The zero-order valence-electron chi connectivity index (χ0n) is 11.4. The molecule has 1 N–H and O–H groups in total. The Labute approximate surface area is 110 Å². The van der Waals surface area contributed by atoms with Crippen molar-refractivity contribution in [2.45, 2.75) is 33.4 Å². The molecule has 98 valence electrons. The molecule has 0 aliphatic carbocycles. The molecule has 18 heavy (non-hydrogen) atoms. The highest BCUT2D eigenvalue weighted by Gasteiger charge is 2.13. The van der Waals surface area contributed by atoms with Crippen molar-refractivity contribution in [1.29, 1.82) is 5.26 Å². The van der Waals surface area contributed by atoms with Crippen molar-refractivity contribution >= 4 is 0 Å². The van der Waals surface area contributed by atoms with Gasteiger partial charge in [-0.1, -0.05) is 32.0 Å². The van der Waals surface area contributed by atoms with Gasteiger partial charge in [0.15, 0.2) is 0 Å². The molecular formula is C15H22N2O. The second-order valence-corrected chi connectivity index (χ2v) is 4.66. The summed E-state index contributed by atoms with van der Waals surface area (Å²) in [6.45, 7) is 8.50. The van der Waals surface area contributed by atoms with Crippen molar-refractivity contribution < 1.29 is 4.74 Å². The van der Waals surface area contributed by atoms with Crippen LogP contribution < -0.4 is 5.32 Å². The lowest BCUT2D eigenvalue weighted by molar-refractivity contribution is 0.108. The van der Waals surface area contributed by atoms with Crippen molar-refractivity contribution in [3.8, 4) is 6.07 Å². The number of hydrogen-bond donors (Lipinski definition) is 1. The monoisotopic (exact) mass is 246 g/mol. The molecular weight excluding hydrogens is 224 g/mol. The van der Waals surface area contributed by atoms with Gasteiger partial charge in [0.2, 0.25) is 0 Å². The van der Waals surface area contributed by atoms with E-state index < -0.39 is 0 Å². The van der Waals surface area contributed by atoms with Gasteiger partial charge < -0.3 is 10.1 Å². The molecule has 0 aliphatic rings. The SMILES string of the molecule is CCOCC(NCc1ccccc1C#N)C(C)C. The zero-order valence-corrected chi connectivity index (χ0v) is 11.4. The van der Waals surface area contributed by atoms with Crippen LogP contribution in [-0.2, 0) is 11.3 Å². The van der Waals surface area contributed by atoms with Crippen LogP contribution in [0.4, 0.5) is 0 Å². The molecule has 0 saturated heterocycles. The van der Waals surface area contributed by atoms with Crippen LogP contribution in [0.25, 0.3) is 0 Å². The first-order chi connectivity index (χ1) is 8.69. The summed E-state index contributed by atoms with van der Waals surface area (Å²) in [7, 11) is 0. The molecule has 0 heterocycles. The van der Waals surface area contributed by atoms with E-state index in [0.717, 1.165) is 17.7 Å². The summed E-state index contributed by atoms with van der Waals surface area (Å²) in [5.41, 5.74) is 1.78. The Bertz CT molecular complexity index is 396. The van der Waals surface area contributed by atoms with Crippen LogP contribution in [-0.4, -0.2) is 19.3 Å². The summed E-state index contributed by atoms with van der Waals surface area (Å²) in [5, 5.41) is 12.5. The van der Waals surface area contributed by atoms with Crippen molar-refractivity contribution in [2.75, 3.05) is 13.2 Å². The van der Waals surface area contributed by atoms with Crippen LogP contribution in [0, 0.1) is 17.2 Å². The van der Waals surface area contributed by atoms with E-state index in [1.165, 1.54) is 0 Å². The first kappa shape index (κ1) is 14.7. The summed E-state index contributed by atoms with van der Waals surface area (Å²) in [6, 6.07) is 10.2. The molecule has 1 rings (SSSR count). The summed E-state index contributed by atoms with van der Waals surface area (Å²) in [6.07, 6.45) is 0. The molecule has 3 heteroatoms. The maximum atomic E-state index is 9.03. The van der Waals surface area contributed by atoms with Gasteiger partial charge in [-0.05, 0) is 24.5 Å². The predicted octanol–water partition coefficient (Wildman–Crippen LogP) is 2.71. The largest absolute Gasteiger partial charge is 0.380 e. The average molecular weight is 246 g/mol. The number of nitriles is 1. The molecule has 0 saturated carbocycles. The van der Waals surface area contributed by atoms with E-state index in [1.54, 1.807) is 0 Å². The summed E-state index contributed by atoms with van der Waals surface area (Å²) in [4.78, 5) is 0. The van der Waals surface area contributed by atoms with E-state index in [4.69, 9.17) is 10.00 Å². The van der Waals surface area contributed by atoms with E-state index in [-0.39, 0.29) is 0 Å². The van der Waals surface area contributed by atoms with E-state index in [1.807, 2.05) is 31.2 Å². The van der Waals surface area contributed by atoms with Gasteiger partial charge in [0, 0.05) is 19.2 Å². The highest BCUT2D eigenvalue weighted by Crippen LogP contribution is 2.09. The Balaban J connectivity index is 2.59. The lowest BCUT2D eigenvalue weighted by Crippen LogP contribution is -2.37. The Morgan fingerprint density at radius 3 is 2.67 bits per heavy atom. The Kier molecular flexibility index (Phi) is 6.42. The maximum Gasteiger partial charge on any atom is 0.0995 e. The Morgan fingerprint density at radius 2 is 2.06 bits per heavy atom. The van der Waals surface area contributed by atoms with Crippen LogP contribution >= 0.6 is 0 Å². The first-order valence-corrected chi connectivity index (χ1v) is 6.48. The smallest absolute Gasteiger partial charge is 0.0995 e. The lowest BCUT2D eigenvalue weighted by atomic mass is 10.0. The Morgan fingerprint density at radius 1 is 1.33 bits per heavy atom. The fourth-order valence-corrected chi connectivity index (χ4v) is 1.76. The fourth-order valence-electron chi connectivity index (χ4n) is 1.76. The average Bonchev–Trinajstić information content (AvgIpc) is 2.38. The number of hydrogen-bond acceptors (Lipinski definition) is 3. The van der Waals surface area contributed by atoms with Gasteiger partial charge in [0.25, 0.3) is 0 Å². The quantitative estimate of drug-likeness (QED) is 0.804. The molecule has 1 aromatic carbocycles. The molecule has 0 spiro atoms. The molecule has 1 aromatic rings. The minimum Gasteiger partial charge on any atom is -0.380 e. The molecule has 1 atom stereocenters. The van der Waals surface area contributed by atoms with Gasteiger partial charge in [-0.15, -0.1) is 0 Å². The van der Waals surface area contributed by atoms with Crippen LogP contribution in [0.15, 0.2) is 24.3 Å². The van der Waals surface area contributed by atoms with E-state index in [2.05, 4.69) is 25.2 Å². The van der Waals surface area contributed by atoms with Gasteiger partial charge >= 0.3 is 0 Å². The van der Waals surface area contributed by atoms with E-state index >= 15 is 0 Å². The van der Waals surface area contributed by atoms with Gasteiger partial charge in [-0.25, -0.2) is 0 Å². The normalized spacial score (nSPS) is 12.4. The highest BCUT2D eigenvalue weighted by atomic mass is 16.5. The van der Waals surface area contributed by atoms with Crippen molar-refractivity contribution in [3.63, 3.8) is 0 Å². The molecule has 0 fully saturated rings. The number of rotatable bonds is 7. The van der Waals surface area contributed by atoms with Gasteiger partial charge in [-0.2, -0.15) is 5.26 Å². The number of nitrogens with one attached hydrogen (secondary N) is 1. The second-order valence-electron chi connectivity index (χ2n) is 4.66. The fraction of sp³-hybridized carbons (Fsp3) is 0.533. The molecule has 0 radical (unpaired) electrons. The Hall–Kier alpha value is -1.37. The van der Waals surface area contributed by atoms with Gasteiger partial charge in [-0.3, -0.25) is 0 Å². The summed E-state index contributed by atoms with van der Waals surface area (Å²) in [5.74, 6) is 0.505. The third-order valence-electron chi connectivity index (χ3n) is 3.00. The van der Waals surface area contributed by atoms with Crippen molar-refractivity contribution in [3.05, 3.63) is 35.4 Å². The molecule has 3 nitrogen and oxygen atoms in total. The minimum absolute atomic E-state index is 0.316. The van der Waals surface area contributed by atoms with Crippen LogP contribution in [0.2, 0.25) is 0 Å². The third-order valence-corrected chi connectivity index (χ3v) is 3.00. The molecule has 0 aliphatic heterocycles. The topological polar surface area (TPSA) is 45.0 Å². The predicted molar refractivity (Wildman–Crippen MR) is 73.1 cm³/mol. The highest BCUT2D eigenvalue weighted by molar-refractivity contribution is 5.37. The molecule has 0 amide bonds. The number of benzene rings is 1. The van der Waals surface area contributed by atoms with Crippen LogP contribution in [0.3, 0.4) is 0 Å². The van der Waals surface area contributed by atoms with Crippen LogP contribution in [0.1, 0.15) is 31.9 Å². The zero-order chi connectivity index (χ0) is 13.4. The van der Waals surface area contributed by atoms with E-state index in [9.17, 15) is 0 Å². The van der Waals surface area contributed by atoms with E-state index in [0.29, 0.717) is 25.1 Å². The lowest BCUT2D eigenvalue weighted by Gasteiger charge is -2.22. The summed E-state index contributed by atoms with van der Waals surface area (Å²) >= 11 is 0. The van der Waals surface area contributed by atoms with Crippen molar-refractivity contribution in [2.24, 2.45) is 5.92 Å². The summed E-state index contributed by atoms with van der Waals surface area (Å²) < 4.78 is 5.47. The minimum atomic E-state index is 0.316. The standard InChI is InChI=1S/C15H22N2O/c1-4-18-11-15(12(2)3)17-10-14-8-6-5-7-13(14)9-16/h5-8,12,15,17H,4,10-11H2,1-3H3. The molecule has 1 unspecified atom stereocenters. The molecule has 0 aromatic heterocycles. The number of nitrogens with zero attached hydrogens (tertiary/aromatic N) is 1.